The number of ether oxygens (including phenoxy) is 1. The SMILES string of the molecule is CCN(C(=O)c1cc2c(Cl)nc3ccccc3c2s1)c1ccc(OC)cc1. The molecule has 2 aromatic heterocycles. The second kappa shape index (κ2) is 7.18. The molecule has 0 fully saturated rings. The molecule has 0 saturated carbocycles. The Labute approximate surface area is 166 Å². The second-order valence-corrected chi connectivity index (χ2v) is 7.43. The lowest BCUT2D eigenvalue weighted by molar-refractivity contribution is 0.0992. The summed E-state index contributed by atoms with van der Waals surface area (Å²) in [6.07, 6.45) is 0. The van der Waals surface area contributed by atoms with Crippen molar-refractivity contribution in [3.63, 3.8) is 0 Å². The van der Waals surface area contributed by atoms with Crippen molar-refractivity contribution in [3.05, 3.63) is 64.6 Å². The highest BCUT2D eigenvalue weighted by molar-refractivity contribution is 7.22. The summed E-state index contributed by atoms with van der Waals surface area (Å²) in [7, 11) is 1.62. The van der Waals surface area contributed by atoms with E-state index in [1.165, 1.54) is 11.3 Å². The third-order valence-corrected chi connectivity index (χ3v) is 5.92. The summed E-state index contributed by atoms with van der Waals surface area (Å²) in [5.41, 5.74) is 1.66. The summed E-state index contributed by atoms with van der Waals surface area (Å²) >= 11 is 7.83. The summed E-state index contributed by atoms with van der Waals surface area (Å²) < 4.78 is 6.18. The van der Waals surface area contributed by atoms with Crippen LogP contribution in [0.1, 0.15) is 16.6 Å². The van der Waals surface area contributed by atoms with Crippen LogP contribution in [-0.4, -0.2) is 24.5 Å². The number of halogens is 1. The van der Waals surface area contributed by atoms with Crippen LogP contribution >= 0.6 is 22.9 Å². The number of nitrogens with zero attached hydrogens (tertiary/aromatic N) is 2. The quantitative estimate of drug-likeness (QED) is 0.411. The van der Waals surface area contributed by atoms with E-state index in [9.17, 15) is 4.79 Å². The Balaban J connectivity index is 1.79. The normalized spacial score (nSPS) is 11.1. The van der Waals surface area contributed by atoms with Gasteiger partial charge in [0.15, 0.2) is 0 Å². The van der Waals surface area contributed by atoms with E-state index in [-0.39, 0.29) is 5.91 Å². The van der Waals surface area contributed by atoms with Crippen molar-refractivity contribution in [3.8, 4) is 5.75 Å². The largest absolute Gasteiger partial charge is 0.497 e. The molecule has 0 aliphatic carbocycles. The minimum absolute atomic E-state index is 0.0518. The van der Waals surface area contributed by atoms with E-state index in [1.54, 1.807) is 12.0 Å². The van der Waals surface area contributed by atoms with Gasteiger partial charge >= 0.3 is 0 Å². The van der Waals surface area contributed by atoms with Crippen LogP contribution in [0.5, 0.6) is 5.75 Å². The van der Waals surface area contributed by atoms with E-state index in [2.05, 4.69) is 4.98 Å². The van der Waals surface area contributed by atoms with Crippen molar-refractivity contribution in [2.24, 2.45) is 0 Å². The predicted octanol–water partition coefficient (Wildman–Crippen LogP) is 5.78. The van der Waals surface area contributed by atoms with Gasteiger partial charge < -0.3 is 9.64 Å². The minimum Gasteiger partial charge on any atom is -0.497 e. The van der Waals surface area contributed by atoms with E-state index >= 15 is 0 Å². The fraction of sp³-hybridized carbons (Fsp3) is 0.143. The maximum atomic E-state index is 13.2. The van der Waals surface area contributed by atoms with Gasteiger partial charge in [0.1, 0.15) is 10.9 Å². The predicted molar refractivity (Wildman–Crippen MR) is 112 cm³/mol. The molecule has 27 heavy (non-hydrogen) atoms. The number of fused-ring (bicyclic) bond motifs is 3. The van der Waals surface area contributed by atoms with E-state index in [4.69, 9.17) is 16.3 Å². The highest BCUT2D eigenvalue weighted by atomic mass is 35.5. The number of pyridine rings is 1. The zero-order chi connectivity index (χ0) is 19.0. The molecule has 0 aliphatic heterocycles. The van der Waals surface area contributed by atoms with Crippen LogP contribution in [0.15, 0.2) is 54.6 Å². The van der Waals surface area contributed by atoms with Crippen LogP contribution in [0.4, 0.5) is 5.69 Å². The average molecular weight is 397 g/mol. The lowest BCUT2D eigenvalue weighted by atomic mass is 10.2. The number of benzene rings is 2. The molecule has 0 unspecified atom stereocenters. The molecule has 0 saturated heterocycles. The summed E-state index contributed by atoms with van der Waals surface area (Å²) in [6, 6.07) is 17.2. The molecule has 1 amide bonds. The number of hydrogen-bond donors (Lipinski definition) is 0. The molecule has 6 heteroatoms. The first-order valence-corrected chi connectivity index (χ1v) is 9.75. The third-order valence-electron chi connectivity index (χ3n) is 4.48. The van der Waals surface area contributed by atoms with Gasteiger partial charge in [-0.3, -0.25) is 4.79 Å². The molecule has 4 rings (SSSR count). The number of methoxy groups -OCH3 is 1. The van der Waals surface area contributed by atoms with E-state index < -0.39 is 0 Å². The van der Waals surface area contributed by atoms with Crippen LogP contribution in [0.25, 0.3) is 21.0 Å². The first-order chi connectivity index (χ1) is 13.1. The van der Waals surface area contributed by atoms with Crippen LogP contribution < -0.4 is 9.64 Å². The zero-order valence-electron chi connectivity index (χ0n) is 14.9. The van der Waals surface area contributed by atoms with Crippen LogP contribution in [0.3, 0.4) is 0 Å². The fourth-order valence-corrected chi connectivity index (χ4v) is 4.56. The van der Waals surface area contributed by atoms with Crippen molar-refractivity contribution in [1.82, 2.24) is 4.98 Å². The molecule has 0 radical (unpaired) electrons. The van der Waals surface area contributed by atoms with Crippen molar-refractivity contribution in [2.75, 3.05) is 18.6 Å². The highest BCUT2D eigenvalue weighted by Gasteiger charge is 2.20. The Morgan fingerprint density at radius 2 is 1.89 bits per heavy atom. The molecule has 4 nitrogen and oxygen atoms in total. The fourth-order valence-electron chi connectivity index (χ4n) is 3.12. The standard InChI is InChI=1S/C21H17ClN2O2S/c1-3-24(13-8-10-14(26-2)11-9-13)21(25)18-12-16-19(27-18)15-6-4-5-7-17(15)23-20(16)22/h4-12H,3H2,1-2H3. The zero-order valence-corrected chi connectivity index (χ0v) is 16.5. The first kappa shape index (κ1) is 17.8. The molecule has 4 aromatic rings. The van der Waals surface area contributed by atoms with Gasteiger partial charge in [-0.1, -0.05) is 29.8 Å². The summed E-state index contributed by atoms with van der Waals surface area (Å²) in [5.74, 6) is 0.706. The Bertz CT molecular complexity index is 1140. The molecular weight excluding hydrogens is 380 g/mol. The lowest BCUT2D eigenvalue weighted by Crippen LogP contribution is -2.29. The number of para-hydroxylation sites is 1. The Hall–Kier alpha value is -2.63. The number of aromatic nitrogens is 1. The average Bonchev–Trinajstić information content (AvgIpc) is 3.15. The van der Waals surface area contributed by atoms with Crippen molar-refractivity contribution in [1.29, 1.82) is 0 Å². The highest BCUT2D eigenvalue weighted by Crippen LogP contribution is 2.36. The molecular formula is C21H17ClN2O2S. The van der Waals surface area contributed by atoms with Crippen LogP contribution in [0, 0.1) is 0 Å². The van der Waals surface area contributed by atoms with Crippen molar-refractivity contribution >= 4 is 55.5 Å². The number of thiophene rings is 1. The molecule has 2 aromatic carbocycles. The van der Waals surface area contributed by atoms with E-state index in [0.717, 1.165) is 32.4 Å². The lowest BCUT2D eigenvalue weighted by Gasteiger charge is -2.20. The van der Waals surface area contributed by atoms with Gasteiger partial charge in [0, 0.05) is 27.7 Å². The van der Waals surface area contributed by atoms with E-state index in [0.29, 0.717) is 16.6 Å². The monoisotopic (exact) mass is 396 g/mol. The number of amides is 1. The van der Waals surface area contributed by atoms with Gasteiger partial charge in [0.2, 0.25) is 0 Å². The molecule has 0 aliphatic rings. The molecule has 0 spiro atoms. The van der Waals surface area contributed by atoms with Gasteiger partial charge in [-0.05, 0) is 43.3 Å². The van der Waals surface area contributed by atoms with Crippen LogP contribution in [-0.2, 0) is 0 Å². The van der Waals surface area contributed by atoms with Gasteiger partial charge in [0.05, 0.1) is 17.5 Å². The Kier molecular flexibility index (Phi) is 4.72. The topological polar surface area (TPSA) is 42.4 Å². The Morgan fingerprint density at radius 3 is 2.59 bits per heavy atom. The molecule has 136 valence electrons. The van der Waals surface area contributed by atoms with Gasteiger partial charge in [-0.2, -0.15) is 0 Å². The van der Waals surface area contributed by atoms with Gasteiger partial charge in [-0.25, -0.2) is 4.98 Å². The number of anilines is 1. The van der Waals surface area contributed by atoms with Crippen molar-refractivity contribution < 1.29 is 9.53 Å². The maximum absolute atomic E-state index is 13.2. The van der Waals surface area contributed by atoms with Crippen LogP contribution in [0.2, 0.25) is 5.15 Å². The molecule has 0 N–H and O–H groups in total. The first-order valence-electron chi connectivity index (χ1n) is 8.56. The number of carbonyl (C=O) groups is 1. The molecule has 2 heterocycles. The number of hydrogen-bond acceptors (Lipinski definition) is 4. The Morgan fingerprint density at radius 1 is 1.15 bits per heavy atom. The van der Waals surface area contributed by atoms with E-state index in [1.807, 2.05) is 61.5 Å². The van der Waals surface area contributed by atoms with Gasteiger partial charge in [0.25, 0.3) is 5.91 Å². The smallest absolute Gasteiger partial charge is 0.268 e. The summed E-state index contributed by atoms with van der Waals surface area (Å²) in [4.78, 5) is 20.0. The number of rotatable bonds is 4. The second-order valence-electron chi connectivity index (χ2n) is 6.02. The molecule has 0 bridgehead atoms. The third kappa shape index (κ3) is 3.13. The maximum Gasteiger partial charge on any atom is 0.268 e. The van der Waals surface area contributed by atoms with Gasteiger partial charge in [-0.15, -0.1) is 11.3 Å². The molecule has 0 atom stereocenters. The van der Waals surface area contributed by atoms with Crippen molar-refractivity contribution in [2.45, 2.75) is 6.92 Å². The number of carbonyl (C=O) groups excluding carboxylic acids is 1. The minimum atomic E-state index is -0.0518. The summed E-state index contributed by atoms with van der Waals surface area (Å²) in [6.45, 7) is 2.52. The summed E-state index contributed by atoms with van der Waals surface area (Å²) in [5, 5.41) is 2.24.